The number of hydrazone groups is 1. The number of fused-ring (bicyclic) bond motifs is 2. The van der Waals surface area contributed by atoms with E-state index in [0.29, 0.717) is 30.4 Å². The number of rotatable bonds is 4. The van der Waals surface area contributed by atoms with Gasteiger partial charge in [-0.05, 0) is 30.2 Å². The van der Waals surface area contributed by atoms with Gasteiger partial charge >= 0.3 is 5.97 Å². The summed E-state index contributed by atoms with van der Waals surface area (Å²) >= 11 is 0. The standard InChI is InChI=1S/C23H20N4O4/c28-21(27-12-10-18(25-27)15-5-2-1-3-6-15)14-31-23(30)16-8-9-17-19(13-16)24-20-7-4-11-26(20)22(17)29/h1-3,5-6,8-9,13H,4,7,10-12,14H2. The summed E-state index contributed by atoms with van der Waals surface area (Å²) in [5.74, 6) is -0.280. The first-order valence-corrected chi connectivity index (χ1v) is 10.2. The maximum absolute atomic E-state index is 12.5. The van der Waals surface area contributed by atoms with Gasteiger partial charge in [-0.15, -0.1) is 0 Å². The molecule has 0 saturated carbocycles. The Balaban J connectivity index is 1.27. The third-order valence-electron chi connectivity index (χ3n) is 5.58. The van der Waals surface area contributed by atoms with Gasteiger partial charge in [0.25, 0.3) is 11.5 Å². The predicted octanol–water partition coefficient (Wildman–Crippen LogP) is 2.14. The van der Waals surface area contributed by atoms with Gasteiger partial charge in [0.05, 0.1) is 28.7 Å². The molecule has 0 radical (unpaired) electrons. The summed E-state index contributed by atoms with van der Waals surface area (Å²) in [6.07, 6.45) is 2.29. The first-order chi connectivity index (χ1) is 15.1. The van der Waals surface area contributed by atoms with Crippen LogP contribution in [-0.2, 0) is 22.5 Å². The topological polar surface area (TPSA) is 93.9 Å². The maximum Gasteiger partial charge on any atom is 0.338 e. The molecule has 1 amide bonds. The van der Waals surface area contributed by atoms with Crippen LogP contribution >= 0.6 is 0 Å². The van der Waals surface area contributed by atoms with E-state index in [1.54, 1.807) is 16.7 Å². The van der Waals surface area contributed by atoms with Crippen molar-refractivity contribution in [3.8, 4) is 0 Å². The Morgan fingerprint density at radius 2 is 1.87 bits per heavy atom. The Bertz CT molecular complexity index is 1280. The van der Waals surface area contributed by atoms with Gasteiger partial charge in [-0.1, -0.05) is 30.3 Å². The minimum Gasteiger partial charge on any atom is -0.452 e. The van der Waals surface area contributed by atoms with E-state index in [1.807, 2.05) is 30.3 Å². The molecule has 8 nitrogen and oxygen atoms in total. The van der Waals surface area contributed by atoms with E-state index in [9.17, 15) is 14.4 Å². The van der Waals surface area contributed by atoms with E-state index in [2.05, 4.69) is 10.1 Å². The monoisotopic (exact) mass is 416 g/mol. The van der Waals surface area contributed by atoms with Crippen molar-refractivity contribution in [1.29, 1.82) is 0 Å². The van der Waals surface area contributed by atoms with Crippen LogP contribution < -0.4 is 5.56 Å². The number of aromatic nitrogens is 2. The molecule has 31 heavy (non-hydrogen) atoms. The molecule has 2 aliphatic rings. The smallest absolute Gasteiger partial charge is 0.338 e. The maximum atomic E-state index is 12.5. The quantitative estimate of drug-likeness (QED) is 0.608. The zero-order valence-electron chi connectivity index (χ0n) is 16.8. The number of nitrogens with zero attached hydrogens (tertiary/aromatic N) is 4. The molecule has 0 N–H and O–H groups in total. The van der Waals surface area contributed by atoms with E-state index >= 15 is 0 Å². The van der Waals surface area contributed by atoms with Crippen LogP contribution in [0.25, 0.3) is 10.9 Å². The SMILES string of the molecule is O=C(OCC(=O)N1CCC(c2ccccc2)=N1)c1ccc2c(=O)n3c(nc2c1)CCC3. The Labute approximate surface area is 177 Å². The molecule has 0 fully saturated rings. The molecule has 156 valence electrons. The van der Waals surface area contributed by atoms with E-state index < -0.39 is 12.6 Å². The van der Waals surface area contributed by atoms with Crippen LogP contribution in [0.5, 0.6) is 0 Å². The van der Waals surface area contributed by atoms with Crippen LogP contribution in [0.3, 0.4) is 0 Å². The van der Waals surface area contributed by atoms with Crippen molar-refractivity contribution in [3.63, 3.8) is 0 Å². The Kier molecular flexibility index (Phi) is 4.82. The number of hydrogen-bond acceptors (Lipinski definition) is 6. The Morgan fingerprint density at radius 1 is 1.03 bits per heavy atom. The fraction of sp³-hybridized carbons (Fsp3) is 0.261. The number of hydrogen-bond donors (Lipinski definition) is 0. The van der Waals surface area contributed by atoms with Crippen LogP contribution in [0.15, 0.2) is 58.4 Å². The zero-order valence-corrected chi connectivity index (χ0v) is 16.8. The van der Waals surface area contributed by atoms with Crippen LogP contribution in [0.4, 0.5) is 0 Å². The minimum absolute atomic E-state index is 0.0892. The van der Waals surface area contributed by atoms with Gasteiger partial charge in [0.1, 0.15) is 5.82 Å². The number of benzene rings is 2. The number of carbonyl (C=O) groups excluding carboxylic acids is 2. The number of ether oxygens (including phenoxy) is 1. The third kappa shape index (κ3) is 3.61. The van der Waals surface area contributed by atoms with Crippen molar-refractivity contribution in [2.45, 2.75) is 25.8 Å². The average molecular weight is 416 g/mol. The fourth-order valence-electron chi connectivity index (χ4n) is 3.97. The molecule has 0 atom stereocenters. The van der Waals surface area contributed by atoms with Gasteiger partial charge in [0.15, 0.2) is 6.61 Å². The molecule has 0 spiro atoms. The zero-order chi connectivity index (χ0) is 21.4. The number of carbonyl (C=O) groups is 2. The highest BCUT2D eigenvalue weighted by Crippen LogP contribution is 2.17. The summed E-state index contributed by atoms with van der Waals surface area (Å²) < 4.78 is 6.88. The lowest BCUT2D eigenvalue weighted by Crippen LogP contribution is -2.28. The lowest BCUT2D eigenvalue weighted by molar-refractivity contribution is -0.134. The lowest BCUT2D eigenvalue weighted by Gasteiger charge is -2.12. The van der Waals surface area contributed by atoms with Crippen LogP contribution in [-0.4, -0.2) is 45.3 Å². The molecule has 0 bridgehead atoms. The van der Waals surface area contributed by atoms with Gasteiger partial charge in [-0.25, -0.2) is 14.8 Å². The summed E-state index contributed by atoms with van der Waals surface area (Å²) in [5, 5.41) is 6.16. The molecule has 3 heterocycles. The van der Waals surface area contributed by atoms with E-state index in [0.717, 1.165) is 29.9 Å². The first kappa shape index (κ1) is 19.2. The molecule has 2 aliphatic heterocycles. The Hall–Kier alpha value is -3.81. The van der Waals surface area contributed by atoms with Crippen LogP contribution in [0.1, 0.15) is 34.6 Å². The fourth-order valence-corrected chi connectivity index (χ4v) is 3.97. The van der Waals surface area contributed by atoms with Crippen molar-refractivity contribution in [1.82, 2.24) is 14.6 Å². The molecule has 5 rings (SSSR count). The average Bonchev–Trinajstić information content (AvgIpc) is 3.48. The van der Waals surface area contributed by atoms with E-state index in [1.165, 1.54) is 11.1 Å². The highest BCUT2D eigenvalue weighted by molar-refractivity contribution is 6.03. The second-order valence-electron chi connectivity index (χ2n) is 7.58. The van der Waals surface area contributed by atoms with Gasteiger partial charge in [-0.2, -0.15) is 5.10 Å². The molecule has 8 heteroatoms. The molecule has 2 aromatic carbocycles. The van der Waals surface area contributed by atoms with Gasteiger partial charge < -0.3 is 4.74 Å². The van der Waals surface area contributed by atoms with Crippen LogP contribution in [0.2, 0.25) is 0 Å². The van der Waals surface area contributed by atoms with Crippen molar-refractivity contribution in [2.75, 3.05) is 13.2 Å². The Morgan fingerprint density at radius 3 is 2.71 bits per heavy atom. The number of aryl methyl sites for hydroxylation is 1. The van der Waals surface area contributed by atoms with E-state index in [4.69, 9.17) is 4.74 Å². The molecule has 0 unspecified atom stereocenters. The van der Waals surface area contributed by atoms with Crippen molar-refractivity contribution >= 4 is 28.5 Å². The van der Waals surface area contributed by atoms with Gasteiger partial charge in [0, 0.05) is 19.4 Å². The van der Waals surface area contributed by atoms with E-state index in [-0.39, 0.29) is 17.0 Å². The van der Waals surface area contributed by atoms with Crippen LogP contribution in [0, 0.1) is 0 Å². The van der Waals surface area contributed by atoms with Crippen molar-refractivity contribution in [2.24, 2.45) is 5.10 Å². The summed E-state index contributed by atoms with van der Waals surface area (Å²) in [5.41, 5.74) is 2.44. The minimum atomic E-state index is -0.635. The molecular formula is C23H20N4O4. The first-order valence-electron chi connectivity index (χ1n) is 10.2. The molecule has 0 saturated heterocycles. The second-order valence-corrected chi connectivity index (χ2v) is 7.58. The van der Waals surface area contributed by atoms with Gasteiger partial charge in [0.2, 0.25) is 0 Å². The van der Waals surface area contributed by atoms with Crippen molar-refractivity contribution in [3.05, 3.63) is 75.8 Å². The third-order valence-corrected chi connectivity index (χ3v) is 5.58. The highest BCUT2D eigenvalue weighted by atomic mass is 16.5. The number of amides is 1. The second kappa shape index (κ2) is 7.79. The normalized spacial score (nSPS) is 15.1. The summed E-state index contributed by atoms with van der Waals surface area (Å²) in [6, 6.07) is 14.3. The van der Waals surface area contributed by atoms with Gasteiger partial charge in [-0.3, -0.25) is 14.2 Å². The summed E-state index contributed by atoms with van der Waals surface area (Å²) in [6.45, 7) is 0.728. The van der Waals surface area contributed by atoms with Crippen molar-refractivity contribution < 1.29 is 14.3 Å². The highest BCUT2D eigenvalue weighted by Gasteiger charge is 2.23. The molecule has 0 aliphatic carbocycles. The summed E-state index contributed by atoms with van der Waals surface area (Å²) in [7, 11) is 0. The molecule has 1 aromatic heterocycles. The lowest BCUT2D eigenvalue weighted by atomic mass is 10.1. The predicted molar refractivity (Wildman–Crippen MR) is 114 cm³/mol. The molecular weight excluding hydrogens is 396 g/mol. The largest absolute Gasteiger partial charge is 0.452 e. The summed E-state index contributed by atoms with van der Waals surface area (Å²) in [4.78, 5) is 42.0. The number of esters is 1. The molecule has 3 aromatic rings.